The van der Waals surface area contributed by atoms with Crippen LogP contribution in [0.15, 0.2) is 42.5 Å². The maximum absolute atomic E-state index is 6.40. The summed E-state index contributed by atoms with van der Waals surface area (Å²) >= 11 is 18.0. The topological polar surface area (TPSA) is 12.5 Å². The van der Waals surface area contributed by atoms with Gasteiger partial charge in [0.25, 0.3) is 0 Å². The summed E-state index contributed by atoms with van der Waals surface area (Å²) in [6, 6.07) is 14.2. The van der Waals surface area contributed by atoms with Gasteiger partial charge in [-0.2, -0.15) is 0 Å². The largest absolute Gasteiger partial charge is 0.491 e. The van der Waals surface area contributed by atoms with Crippen LogP contribution in [0.3, 0.4) is 0 Å². The Balaban J connectivity index is 1.93. The molecule has 0 aliphatic heterocycles. The van der Waals surface area contributed by atoms with Crippen LogP contribution in [0.2, 0.25) is 0 Å². The lowest BCUT2D eigenvalue weighted by Gasteiger charge is -2.23. The fourth-order valence-electron chi connectivity index (χ4n) is 2.37. The van der Waals surface area contributed by atoms with E-state index in [0.29, 0.717) is 24.9 Å². The van der Waals surface area contributed by atoms with Crippen molar-refractivity contribution in [2.45, 2.75) is 5.38 Å². The molecule has 0 spiro atoms. The van der Waals surface area contributed by atoms with Crippen LogP contribution in [0.4, 0.5) is 0 Å². The Kier molecular flexibility index (Phi) is 7.61. The lowest BCUT2D eigenvalue weighted by Crippen LogP contribution is -2.35. The first-order valence-corrected chi connectivity index (χ1v) is 8.84. The Morgan fingerprint density at radius 1 is 0.955 bits per heavy atom. The zero-order chi connectivity index (χ0) is 15.8. The molecule has 0 bridgehead atoms. The molecular formula is C17H20Cl3NO. The van der Waals surface area contributed by atoms with Gasteiger partial charge in [-0.05, 0) is 11.5 Å². The molecule has 2 aromatic carbocycles. The summed E-state index contributed by atoms with van der Waals surface area (Å²) in [5.41, 5.74) is 0. The van der Waals surface area contributed by atoms with Crippen molar-refractivity contribution in [2.75, 3.05) is 38.0 Å². The average Bonchev–Trinajstić information content (AvgIpc) is 2.53. The SMILES string of the molecule is ClCCN(CCCl)C[C@H](Cl)COc1cccc2ccccc12. The van der Waals surface area contributed by atoms with Crippen molar-refractivity contribution >= 4 is 45.6 Å². The molecule has 5 heteroatoms. The third-order valence-corrected chi connectivity index (χ3v) is 4.03. The van der Waals surface area contributed by atoms with Gasteiger partial charge in [-0.15, -0.1) is 34.8 Å². The maximum atomic E-state index is 6.40. The minimum absolute atomic E-state index is 0.106. The van der Waals surface area contributed by atoms with E-state index in [2.05, 4.69) is 23.1 Å². The van der Waals surface area contributed by atoms with Gasteiger partial charge in [-0.3, -0.25) is 4.90 Å². The van der Waals surface area contributed by atoms with Crippen molar-refractivity contribution in [1.29, 1.82) is 0 Å². The van der Waals surface area contributed by atoms with Gasteiger partial charge in [0.1, 0.15) is 12.4 Å². The third-order valence-electron chi connectivity index (χ3n) is 3.43. The van der Waals surface area contributed by atoms with E-state index in [1.54, 1.807) is 0 Å². The molecule has 0 amide bonds. The highest BCUT2D eigenvalue weighted by molar-refractivity contribution is 6.21. The second-order valence-electron chi connectivity index (χ2n) is 5.06. The van der Waals surface area contributed by atoms with E-state index in [1.165, 1.54) is 0 Å². The van der Waals surface area contributed by atoms with Crippen LogP contribution in [0.5, 0.6) is 5.75 Å². The average molecular weight is 361 g/mol. The molecule has 2 nitrogen and oxygen atoms in total. The van der Waals surface area contributed by atoms with E-state index in [1.807, 2.05) is 24.3 Å². The number of alkyl halides is 3. The van der Waals surface area contributed by atoms with Crippen LogP contribution >= 0.6 is 34.8 Å². The number of halogens is 3. The summed E-state index contributed by atoms with van der Waals surface area (Å²) in [6.07, 6.45) is 0. The predicted molar refractivity (Wildman–Crippen MR) is 97.0 cm³/mol. The van der Waals surface area contributed by atoms with Crippen molar-refractivity contribution in [3.63, 3.8) is 0 Å². The molecule has 0 aromatic heterocycles. The molecule has 22 heavy (non-hydrogen) atoms. The quantitative estimate of drug-likeness (QED) is 0.606. The Hall–Kier alpha value is -0.670. The number of benzene rings is 2. The first-order chi connectivity index (χ1) is 10.7. The van der Waals surface area contributed by atoms with E-state index < -0.39 is 0 Å². The number of rotatable bonds is 9. The van der Waals surface area contributed by atoms with Crippen LogP contribution in [-0.2, 0) is 0 Å². The molecule has 0 saturated carbocycles. The lowest BCUT2D eigenvalue weighted by atomic mass is 10.1. The van der Waals surface area contributed by atoms with E-state index in [0.717, 1.165) is 29.6 Å². The van der Waals surface area contributed by atoms with Crippen LogP contribution in [0.1, 0.15) is 0 Å². The monoisotopic (exact) mass is 359 g/mol. The molecule has 1 atom stereocenters. The number of ether oxygens (including phenoxy) is 1. The highest BCUT2D eigenvalue weighted by Crippen LogP contribution is 2.25. The fourth-order valence-corrected chi connectivity index (χ4v) is 3.10. The highest BCUT2D eigenvalue weighted by atomic mass is 35.5. The molecule has 0 saturated heterocycles. The maximum Gasteiger partial charge on any atom is 0.127 e. The lowest BCUT2D eigenvalue weighted by molar-refractivity contribution is 0.256. The van der Waals surface area contributed by atoms with Crippen LogP contribution in [-0.4, -0.2) is 48.3 Å². The molecule has 0 heterocycles. The summed E-state index contributed by atoms with van der Waals surface area (Å²) in [5.74, 6) is 2.01. The van der Waals surface area contributed by atoms with E-state index in [-0.39, 0.29) is 5.38 Å². The third kappa shape index (κ3) is 5.20. The summed E-state index contributed by atoms with van der Waals surface area (Å²) in [5, 5.41) is 2.16. The fraction of sp³-hybridized carbons (Fsp3) is 0.412. The van der Waals surface area contributed by atoms with Gasteiger partial charge in [0, 0.05) is 36.8 Å². The van der Waals surface area contributed by atoms with Crippen molar-refractivity contribution < 1.29 is 4.74 Å². The molecular weight excluding hydrogens is 341 g/mol. The van der Waals surface area contributed by atoms with Gasteiger partial charge < -0.3 is 4.74 Å². The Morgan fingerprint density at radius 3 is 2.36 bits per heavy atom. The van der Waals surface area contributed by atoms with Crippen molar-refractivity contribution in [3.8, 4) is 5.75 Å². The number of hydrogen-bond acceptors (Lipinski definition) is 2. The van der Waals surface area contributed by atoms with Gasteiger partial charge >= 0.3 is 0 Å². The second kappa shape index (κ2) is 9.46. The van der Waals surface area contributed by atoms with E-state index in [9.17, 15) is 0 Å². The minimum atomic E-state index is -0.106. The molecule has 2 rings (SSSR count). The Bertz CT molecular complexity index is 567. The summed E-state index contributed by atoms with van der Waals surface area (Å²) in [6.45, 7) is 2.74. The normalized spacial score (nSPS) is 12.7. The number of hydrogen-bond donors (Lipinski definition) is 0. The van der Waals surface area contributed by atoms with Gasteiger partial charge in [-0.1, -0.05) is 36.4 Å². The molecule has 0 radical (unpaired) electrons. The molecule has 0 unspecified atom stereocenters. The van der Waals surface area contributed by atoms with E-state index in [4.69, 9.17) is 39.5 Å². The van der Waals surface area contributed by atoms with Crippen LogP contribution in [0, 0.1) is 0 Å². The zero-order valence-corrected chi connectivity index (χ0v) is 14.6. The van der Waals surface area contributed by atoms with Gasteiger partial charge in [-0.25, -0.2) is 0 Å². The summed E-state index contributed by atoms with van der Waals surface area (Å²) in [4.78, 5) is 2.16. The van der Waals surface area contributed by atoms with Crippen molar-refractivity contribution in [2.24, 2.45) is 0 Å². The second-order valence-corrected chi connectivity index (χ2v) is 6.44. The standard InChI is InChI=1S/C17H20Cl3NO/c18-8-10-21(11-9-19)12-15(20)13-22-17-7-3-5-14-4-1-2-6-16(14)17/h1-7,15H,8-13H2/t15-/m0/s1. The van der Waals surface area contributed by atoms with Gasteiger partial charge in [0.2, 0.25) is 0 Å². The smallest absolute Gasteiger partial charge is 0.127 e. The summed E-state index contributed by atoms with van der Waals surface area (Å²) in [7, 11) is 0. The Labute approximate surface area is 146 Å². The van der Waals surface area contributed by atoms with Gasteiger partial charge in [0.15, 0.2) is 0 Å². The zero-order valence-electron chi connectivity index (χ0n) is 12.4. The molecule has 0 fully saturated rings. The molecule has 120 valence electrons. The van der Waals surface area contributed by atoms with Crippen molar-refractivity contribution in [1.82, 2.24) is 4.90 Å². The highest BCUT2D eigenvalue weighted by Gasteiger charge is 2.12. The number of nitrogens with zero attached hydrogens (tertiary/aromatic N) is 1. The van der Waals surface area contributed by atoms with Gasteiger partial charge in [0.05, 0.1) is 5.38 Å². The summed E-state index contributed by atoms with van der Waals surface area (Å²) < 4.78 is 5.91. The predicted octanol–water partition coefficient (Wildman–Crippen LogP) is 4.61. The molecule has 2 aromatic rings. The van der Waals surface area contributed by atoms with E-state index >= 15 is 0 Å². The van der Waals surface area contributed by atoms with Crippen LogP contribution in [0.25, 0.3) is 10.8 Å². The van der Waals surface area contributed by atoms with Crippen LogP contribution < -0.4 is 4.74 Å². The molecule has 0 aliphatic rings. The Morgan fingerprint density at radius 2 is 1.64 bits per heavy atom. The molecule has 0 N–H and O–H groups in total. The number of fused-ring (bicyclic) bond motifs is 1. The first kappa shape index (κ1) is 17.7. The van der Waals surface area contributed by atoms with Crippen molar-refractivity contribution in [3.05, 3.63) is 42.5 Å². The first-order valence-electron chi connectivity index (χ1n) is 7.33. The molecule has 0 aliphatic carbocycles. The minimum Gasteiger partial charge on any atom is -0.491 e.